The van der Waals surface area contributed by atoms with Gasteiger partial charge < -0.3 is 15.4 Å². The Morgan fingerprint density at radius 2 is 2.07 bits per heavy atom. The van der Waals surface area contributed by atoms with Gasteiger partial charge in [-0.15, -0.1) is 0 Å². The third-order valence-corrected chi connectivity index (χ3v) is 3.91. The summed E-state index contributed by atoms with van der Waals surface area (Å²) >= 11 is 0. The third kappa shape index (κ3) is 6.60. The molecule has 1 fully saturated rings. The van der Waals surface area contributed by atoms with Crippen LogP contribution in [0.3, 0.4) is 0 Å². The number of aliphatic imine (C=N–C) groups is 1. The zero-order chi connectivity index (χ0) is 19.8. The number of allylic oxidation sites excluding steroid dienone is 3. The predicted octanol–water partition coefficient (Wildman–Crippen LogP) is 2.72. The molecule has 1 aliphatic carbocycles. The molecule has 0 aromatic carbocycles. The first-order valence-electron chi connectivity index (χ1n) is 8.17. The number of rotatable bonds is 9. The van der Waals surface area contributed by atoms with E-state index in [1.54, 1.807) is 0 Å². The van der Waals surface area contributed by atoms with Crippen LogP contribution in [0, 0.1) is 10.1 Å². The van der Waals surface area contributed by atoms with Crippen molar-refractivity contribution in [1.82, 2.24) is 15.3 Å². The molecule has 9 nitrogen and oxygen atoms in total. The molecule has 0 amide bonds. The average Bonchev–Trinajstić information content (AvgIpc) is 3.06. The highest BCUT2D eigenvalue weighted by Gasteiger charge is 2.25. The fourth-order valence-corrected chi connectivity index (χ4v) is 2.60. The maximum Gasteiger partial charge on any atom is 0.387 e. The van der Waals surface area contributed by atoms with Crippen LogP contribution in [0.15, 0.2) is 41.1 Å². The molecule has 0 unspecified atom stereocenters. The van der Waals surface area contributed by atoms with Crippen molar-refractivity contribution in [2.75, 3.05) is 5.32 Å². The zero-order valence-corrected chi connectivity index (χ0v) is 14.6. The molecule has 0 radical (unpaired) electrons. The van der Waals surface area contributed by atoms with E-state index in [4.69, 9.17) is 0 Å². The first-order valence-corrected chi connectivity index (χ1v) is 8.17. The van der Waals surface area contributed by atoms with Crippen LogP contribution in [0.1, 0.15) is 26.2 Å². The van der Waals surface area contributed by atoms with Crippen molar-refractivity contribution in [3.8, 4) is 5.75 Å². The molecule has 0 bridgehead atoms. The van der Waals surface area contributed by atoms with Crippen LogP contribution in [-0.2, 0) is 0 Å². The van der Waals surface area contributed by atoms with Crippen LogP contribution in [0.4, 0.5) is 14.7 Å². The molecule has 1 saturated carbocycles. The third-order valence-electron chi connectivity index (χ3n) is 3.91. The van der Waals surface area contributed by atoms with Gasteiger partial charge in [-0.1, -0.05) is 0 Å². The maximum atomic E-state index is 12.1. The van der Waals surface area contributed by atoms with Crippen LogP contribution in [-0.4, -0.2) is 40.3 Å². The van der Waals surface area contributed by atoms with Gasteiger partial charge in [0.15, 0.2) is 5.75 Å². The number of hydrogen-bond acceptors (Lipinski definition) is 8. The van der Waals surface area contributed by atoms with Gasteiger partial charge in [-0.05, 0) is 32.1 Å². The van der Waals surface area contributed by atoms with Crippen molar-refractivity contribution in [1.29, 1.82) is 0 Å². The molecule has 2 atom stereocenters. The number of nitro groups is 1. The number of aromatic nitrogens is 2. The highest BCUT2D eigenvalue weighted by atomic mass is 19.3. The molecule has 11 heteroatoms. The van der Waals surface area contributed by atoms with Crippen molar-refractivity contribution < 1.29 is 18.4 Å². The van der Waals surface area contributed by atoms with Crippen molar-refractivity contribution in [3.05, 3.63) is 46.2 Å². The molecular formula is C16H20F2N6O3. The Morgan fingerprint density at radius 3 is 2.67 bits per heavy atom. The van der Waals surface area contributed by atoms with Crippen LogP contribution < -0.4 is 15.4 Å². The fraction of sp³-hybridized carbons (Fsp3) is 0.438. The minimum absolute atomic E-state index is 0.000308. The quantitative estimate of drug-likeness (QED) is 0.292. The second kappa shape index (κ2) is 9.55. The van der Waals surface area contributed by atoms with Gasteiger partial charge in [-0.2, -0.15) is 8.78 Å². The molecule has 1 heterocycles. The van der Waals surface area contributed by atoms with Gasteiger partial charge in [0.2, 0.25) is 11.6 Å². The molecular weight excluding hydrogens is 362 g/mol. The molecule has 0 spiro atoms. The molecule has 2 N–H and O–H groups in total. The monoisotopic (exact) mass is 382 g/mol. The predicted molar refractivity (Wildman–Crippen MR) is 95.2 cm³/mol. The summed E-state index contributed by atoms with van der Waals surface area (Å²) in [6, 6.07) is 0.191. The highest BCUT2D eigenvalue weighted by Crippen LogP contribution is 2.23. The molecule has 0 saturated heterocycles. The lowest BCUT2D eigenvalue weighted by Gasteiger charge is -2.15. The summed E-state index contributed by atoms with van der Waals surface area (Å²) in [7, 11) is 0. The summed E-state index contributed by atoms with van der Waals surface area (Å²) in [6.07, 6.45) is 7.65. The Labute approximate surface area is 154 Å². The summed E-state index contributed by atoms with van der Waals surface area (Å²) in [5, 5.41) is 16.9. The SMILES string of the molecule is C=N/C(=C\C=C(/C)[N+](=O)[O-])N[C@H]1CC[C@H](Nc2ncc(OC(F)F)cn2)C1. The molecule has 1 aromatic heterocycles. The van der Waals surface area contributed by atoms with Crippen molar-refractivity contribution in [2.24, 2.45) is 4.99 Å². The van der Waals surface area contributed by atoms with Gasteiger partial charge in [0.1, 0.15) is 5.82 Å². The van der Waals surface area contributed by atoms with Crippen LogP contribution in [0.2, 0.25) is 0 Å². The van der Waals surface area contributed by atoms with Crippen molar-refractivity contribution >= 4 is 12.7 Å². The van der Waals surface area contributed by atoms with E-state index in [0.717, 1.165) is 19.3 Å². The second-order valence-corrected chi connectivity index (χ2v) is 5.89. The van der Waals surface area contributed by atoms with E-state index in [1.807, 2.05) is 0 Å². The lowest BCUT2D eigenvalue weighted by atomic mass is 10.2. The van der Waals surface area contributed by atoms with E-state index < -0.39 is 11.5 Å². The van der Waals surface area contributed by atoms with Crippen molar-refractivity contribution in [3.63, 3.8) is 0 Å². The van der Waals surface area contributed by atoms with Gasteiger partial charge in [0.05, 0.1) is 17.3 Å². The second-order valence-electron chi connectivity index (χ2n) is 5.89. The van der Waals surface area contributed by atoms with E-state index in [9.17, 15) is 18.9 Å². The Balaban J connectivity index is 1.87. The number of hydrogen-bond donors (Lipinski definition) is 2. The number of halogens is 2. The van der Waals surface area contributed by atoms with Crippen LogP contribution in [0.25, 0.3) is 0 Å². The maximum absolute atomic E-state index is 12.1. The highest BCUT2D eigenvalue weighted by molar-refractivity contribution is 5.31. The largest absolute Gasteiger partial charge is 0.432 e. The standard InChI is InChI=1S/C16H20F2N6O3/c1-10(24(25)26)3-6-14(19-2)22-11-4-5-12(7-11)23-16-20-8-13(9-21-16)27-15(17)18/h3,6,8-9,11-12,15,22H,2,4-5,7H2,1H3,(H,20,21,23)/b10-3+,14-6+/t11-,12-/m0/s1. The van der Waals surface area contributed by atoms with E-state index in [0.29, 0.717) is 11.8 Å². The van der Waals surface area contributed by atoms with Gasteiger partial charge in [-0.3, -0.25) is 10.1 Å². The van der Waals surface area contributed by atoms with Gasteiger partial charge in [-0.25, -0.2) is 15.0 Å². The van der Waals surface area contributed by atoms with E-state index in [-0.39, 0.29) is 23.5 Å². The molecule has 0 aliphatic heterocycles. The van der Waals surface area contributed by atoms with Crippen LogP contribution in [0.5, 0.6) is 5.75 Å². The van der Waals surface area contributed by atoms with E-state index in [1.165, 1.54) is 31.5 Å². The number of nitrogens with zero attached hydrogens (tertiary/aromatic N) is 4. The fourth-order valence-electron chi connectivity index (χ4n) is 2.60. The smallest absolute Gasteiger partial charge is 0.387 e. The number of anilines is 1. The summed E-state index contributed by atoms with van der Waals surface area (Å²) < 4.78 is 28.4. The summed E-state index contributed by atoms with van der Waals surface area (Å²) in [5.41, 5.74) is 0.000308. The molecule has 1 aliphatic rings. The van der Waals surface area contributed by atoms with Gasteiger partial charge >= 0.3 is 6.61 Å². The lowest BCUT2D eigenvalue weighted by Crippen LogP contribution is -2.27. The van der Waals surface area contributed by atoms with E-state index in [2.05, 4.69) is 37.0 Å². The molecule has 27 heavy (non-hydrogen) atoms. The van der Waals surface area contributed by atoms with E-state index >= 15 is 0 Å². The molecule has 1 aromatic rings. The summed E-state index contributed by atoms with van der Waals surface area (Å²) in [5.74, 6) is 0.669. The van der Waals surface area contributed by atoms with Crippen LogP contribution >= 0.6 is 0 Å². The number of ether oxygens (including phenoxy) is 1. The zero-order valence-electron chi connectivity index (χ0n) is 14.6. The first kappa shape index (κ1) is 20.2. The summed E-state index contributed by atoms with van der Waals surface area (Å²) in [4.78, 5) is 21.9. The Hall–Kier alpha value is -3.11. The molecule has 146 valence electrons. The minimum atomic E-state index is -2.92. The topological polar surface area (TPSA) is 115 Å². The molecule has 2 rings (SSSR count). The Morgan fingerprint density at radius 1 is 1.41 bits per heavy atom. The Kier molecular flexibility index (Phi) is 7.15. The van der Waals surface area contributed by atoms with Gasteiger partial charge in [0, 0.05) is 25.1 Å². The van der Waals surface area contributed by atoms with Gasteiger partial charge in [0.25, 0.3) is 0 Å². The first-order chi connectivity index (χ1) is 12.9. The Bertz CT molecular complexity index is 723. The number of alkyl halides is 2. The average molecular weight is 382 g/mol. The normalized spacial score (nSPS) is 20.4. The van der Waals surface area contributed by atoms with Crippen molar-refractivity contribution in [2.45, 2.75) is 44.9 Å². The summed E-state index contributed by atoms with van der Waals surface area (Å²) in [6.45, 7) is 1.94. The lowest BCUT2D eigenvalue weighted by molar-refractivity contribution is -0.424. The number of nitrogens with one attached hydrogen (secondary N) is 2. The minimum Gasteiger partial charge on any atom is -0.432 e.